The normalized spacial score (nSPS) is 15.6. The summed E-state index contributed by atoms with van der Waals surface area (Å²) in [5, 5.41) is 10.6. The van der Waals surface area contributed by atoms with Crippen molar-refractivity contribution in [2.45, 2.75) is 38.2 Å². The minimum atomic E-state index is -0.748. The first-order chi connectivity index (χ1) is 11.6. The van der Waals surface area contributed by atoms with Gasteiger partial charge in [0.25, 0.3) is 0 Å². The summed E-state index contributed by atoms with van der Waals surface area (Å²) in [5.74, 6) is 1.63. The topological polar surface area (TPSA) is 38.7 Å². The van der Waals surface area contributed by atoms with Crippen LogP contribution >= 0.6 is 0 Å². The third-order valence-electron chi connectivity index (χ3n) is 4.39. The van der Waals surface area contributed by atoms with Gasteiger partial charge in [-0.25, -0.2) is 0 Å². The fourth-order valence-electron chi connectivity index (χ4n) is 2.91. The van der Waals surface area contributed by atoms with E-state index in [1.54, 1.807) is 0 Å². The third kappa shape index (κ3) is 4.18. The van der Waals surface area contributed by atoms with Crippen LogP contribution < -0.4 is 9.47 Å². The molecule has 0 bridgehead atoms. The quantitative estimate of drug-likeness (QED) is 0.737. The molecule has 3 nitrogen and oxygen atoms in total. The molecule has 1 atom stereocenters. The number of hydrogen-bond donors (Lipinski definition) is 1. The highest BCUT2D eigenvalue weighted by Gasteiger charge is 2.21. The molecule has 0 amide bonds. The summed E-state index contributed by atoms with van der Waals surface area (Å²) < 4.78 is 10.7. The summed E-state index contributed by atoms with van der Waals surface area (Å²) in [5.41, 5.74) is 1.36. The number of ether oxygens (including phenoxy) is 2. The Bertz CT molecular complexity index is 689. The van der Waals surface area contributed by atoms with E-state index in [0.717, 1.165) is 48.3 Å². The lowest BCUT2D eigenvalue weighted by Crippen LogP contribution is -2.20. The van der Waals surface area contributed by atoms with E-state index < -0.39 is 5.60 Å². The molecule has 2 aromatic rings. The average molecular weight is 324 g/mol. The average Bonchev–Trinajstić information content (AvgIpc) is 3.06. The molecular formula is C21H24O3. The zero-order chi connectivity index (χ0) is 16.8. The van der Waals surface area contributed by atoms with E-state index in [0.29, 0.717) is 6.79 Å². The van der Waals surface area contributed by atoms with Crippen LogP contribution in [-0.4, -0.2) is 11.9 Å². The van der Waals surface area contributed by atoms with Crippen LogP contribution in [0.4, 0.5) is 0 Å². The summed E-state index contributed by atoms with van der Waals surface area (Å²) in [4.78, 5) is 0. The molecule has 0 radical (unpaired) electrons. The molecule has 1 unspecified atom stereocenters. The van der Waals surface area contributed by atoms with E-state index in [-0.39, 0.29) is 0 Å². The van der Waals surface area contributed by atoms with E-state index in [1.165, 1.54) is 0 Å². The lowest BCUT2D eigenvalue weighted by atomic mass is 9.90. The van der Waals surface area contributed by atoms with Crippen molar-refractivity contribution in [3.8, 4) is 11.5 Å². The van der Waals surface area contributed by atoms with Crippen molar-refractivity contribution in [1.82, 2.24) is 0 Å². The molecule has 0 aliphatic carbocycles. The van der Waals surface area contributed by atoms with Crippen molar-refractivity contribution in [2.75, 3.05) is 6.79 Å². The van der Waals surface area contributed by atoms with Gasteiger partial charge >= 0.3 is 0 Å². The number of benzene rings is 2. The second kappa shape index (κ2) is 7.54. The van der Waals surface area contributed by atoms with Crippen LogP contribution in [0.15, 0.2) is 54.6 Å². The fraction of sp³-hybridized carbons (Fsp3) is 0.333. The Labute approximate surface area is 143 Å². The third-order valence-corrected chi connectivity index (χ3v) is 4.39. The molecule has 3 heteroatoms. The van der Waals surface area contributed by atoms with Crippen LogP contribution in [0.3, 0.4) is 0 Å². The summed E-state index contributed by atoms with van der Waals surface area (Å²) >= 11 is 0. The van der Waals surface area contributed by atoms with Crippen molar-refractivity contribution in [3.63, 3.8) is 0 Å². The summed E-state index contributed by atoms with van der Waals surface area (Å²) in [6, 6.07) is 15.9. The first-order valence-corrected chi connectivity index (χ1v) is 8.49. The zero-order valence-electron chi connectivity index (χ0n) is 14.1. The van der Waals surface area contributed by atoms with Crippen molar-refractivity contribution in [3.05, 3.63) is 65.7 Å². The maximum absolute atomic E-state index is 10.6. The predicted octanol–water partition coefficient (Wildman–Crippen LogP) is 4.90. The van der Waals surface area contributed by atoms with Gasteiger partial charge in [0, 0.05) is 0 Å². The van der Waals surface area contributed by atoms with Gasteiger partial charge in [0.1, 0.15) is 0 Å². The second-order valence-electron chi connectivity index (χ2n) is 6.40. The van der Waals surface area contributed by atoms with E-state index in [2.05, 4.69) is 12.2 Å². The molecule has 0 spiro atoms. The van der Waals surface area contributed by atoms with Gasteiger partial charge in [-0.15, -0.1) is 0 Å². The Morgan fingerprint density at radius 2 is 1.83 bits per heavy atom. The van der Waals surface area contributed by atoms with Crippen LogP contribution in [-0.2, 0) is 5.60 Å². The molecule has 0 aromatic heterocycles. The van der Waals surface area contributed by atoms with Gasteiger partial charge in [-0.2, -0.15) is 0 Å². The van der Waals surface area contributed by atoms with Gasteiger partial charge in [-0.1, -0.05) is 48.6 Å². The molecule has 0 saturated heterocycles. The van der Waals surface area contributed by atoms with Crippen molar-refractivity contribution in [1.29, 1.82) is 0 Å². The molecule has 126 valence electrons. The Hall–Kier alpha value is -2.26. The van der Waals surface area contributed by atoms with E-state index in [4.69, 9.17) is 9.47 Å². The smallest absolute Gasteiger partial charge is 0.231 e. The molecule has 0 saturated carbocycles. The molecule has 2 aromatic carbocycles. The van der Waals surface area contributed by atoms with E-state index in [9.17, 15) is 5.11 Å². The Morgan fingerprint density at radius 1 is 1.04 bits per heavy atom. The van der Waals surface area contributed by atoms with Gasteiger partial charge in [-0.05, 0) is 55.9 Å². The number of unbranched alkanes of at least 4 members (excludes halogenated alkanes) is 2. The molecule has 0 fully saturated rings. The predicted molar refractivity (Wildman–Crippen MR) is 96.1 cm³/mol. The number of rotatable bonds is 7. The van der Waals surface area contributed by atoms with Crippen LogP contribution in [0, 0.1) is 0 Å². The Kier molecular flexibility index (Phi) is 5.21. The standard InChI is InChI=1S/C21H24O3/c1-21(22,18-10-6-4-7-11-18)14-8-3-2-5-9-17-12-13-19-20(15-17)24-16-23-19/h4-7,9-13,15,22H,2-3,8,14,16H2,1H3/b9-5+. The molecule has 3 rings (SSSR count). The van der Waals surface area contributed by atoms with Gasteiger partial charge in [0.15, 0.2) is 11.5 Å². The van der Waals surface area contributed by atoms with Crippen molar-refractivity contribution < 1.29 is 14.6 Å². The Morgan fingerprint density at radius 3 is 2.67 bits per heavy atom. The molecule has 1 aliphatic rings. The van der Waals surface area contributed by atoms with Crippen molar-refractivity contribution in [2.24, 2.45) is 0 Å². The SMILES string of the molecule is CC(O)(CCCC/C=C/c1ccc2c(c1)OCO2)c1ccccc1. The maximum Gasteiger partial charge on any atom is 0.231 e. The lowest BCUT2D eigenvalue weighted by molar-refractivity contribution is 0.0451. The van der Waals surface area contributed by atoms with E-state index >= 15 is 0 Å². The summed E-state index contributed by atoms with van der Waals surface area (Å²) in [7, 11) is 0. The molecule has 1 heterocycles. The highest BCUT2D eigenvalue weighted by Crippen LogP contribution is 2.33. The van der Waals surface area contributed by atoms with Gasteiger partial charge in [-0.3, -0.25) is 0 Å². The van der Waals surface area contributed by atoms with Crippen LogP contribution in [0.5, 0.6) is 11.5 Å². The lowest BCUT2D eigenvalue weighted by Gasteiger charge is -2.23. The number of hydrogen-bond acceptors (Lipinski definition) is 3. The van der Waals surface area contributed by atoms with E-state index in [1.807, 2.05) is 55.5 Å². The number of allylic oxidation sites excluding steroid dienone is 1. The number of aliphatic hydroxyl groups is 1. The fourth-order valence-corrected chi connectivity index (χ4v) is 2.91. The zero-order valence-corrected chi connectivity index (χ0v) is 14.1. The molecule has 1 N–H and O–H groups in total. The van der Waals surface area contributed by atoms with Crippen LogP contribution in [0.25, 0.3) is 6.08 Å². The van der Waals surface area contributed by atoms with Crippen LogP contribution in [0.2, 0.25) is 0 Å². The van der Waals surface area contributed by atoms with Crippen LogP contribution in [0.1, 0.15) is 43.7 Å². The molecular weight excluding hydrogens is 300 g/mol. The van der Waals surface area contributed by atoms with Crippen molar-refractivity contribution >= 4 is 6.08 Å². The summed E-state index contributed by atoms with van der Waals surface area (Å²) in [6.45, 7) is 2.20. The molecule has 24 heavy (non-hydrogen) atoms. The minimum Gasteiger partial charge on any atom is -0.454 e. The monoisotopic (exact) mass is 324 g/mol. The van der Waals surface area contributed by atoms with Gasteiger partial charge in [0.05, 0.1) is 5.60 Å². The first-order valence-electron chi connectivity index (χ1n) is 8.49. The highest BCUT2D eigenvalue weighted by atomic mass is 16.7. The first kappa shape index (κ1) is 16.6. The maximum atomic E-state index is 10.6. The summed E-state index contributed by atoms with van der Waals surface area (Å²) in [6.07, 6.45) is 8.11. The Balaban J connectivity index is 1.42. The largest absolute Gasteiger partial charge is 0.454 e. The number of fused-ring (bicyclic) bond motifs is 1. The minimum absolute atomic E-state index is 0.309. The molecule has 1 aliphatic heterocycles. The van der Waals surface area contributed by atoms with Gasteiger partial charge < -0.3 is 14.6 Å². The van der Waals surface area contributed by atoms with Gasteiger partial charge in [0.2, 0.25) is 6.79 Å². The highest BCUT2D eigenvalue weighted by molar-refractivity contribution is 5.56. The second-order valence-corrected chi connectivity index (χ2v) is 6.40.